The lowest BCUT2D eigenvalue weighted by atomic mass is 10.1. The average molecular weight is 526 g/mol. The highest BCUT2D eigenvalue weighted by molar-refractivity contribution is 7.89. The molecule has 3 aromatic carbocycles. The van der Waals surface area contributed by atoms with Crippen LogP contribution in [-0.2, 0) is 19.5 Å². The van der Waals surface area contributed by atoms with Gasteiger partial charge in [0.2, 0.25) is 10.0 Å². The van der Waals surface area contributed by atoms with Gasteiger partial charge in [-0.1, -0.05) is 24.3 Å². The molecule has 1 amide bonds. The summed E-state index contributed by atoms with van der Waals surface area (Å²) in [6.45, 7) is 0.926. The van der Waals surface area contributed by atoms with Gasteiger partial charge in [0.15, 0.2) is 0 Å². The van der Waals surface area contributed by atoms with Crippen molar-refractivity contribution >= 4 is 43.2 Å². The van der Waals surface area contributed by atoms with Gasteiger partial charge in [-0.05, 0) is 48.5 Å². The molecule has 36 heavy (non-hydrogen) atoms. The molecule has 0 atom stereocenters. The Hall–Kier alpha value is -3.15. The molecule has 0 aliphatic carbocycles. The summed E-state index contributed by atoms with van der Waals surface area (Å²) < 4.78 is 38.7. The Labute approximate surface area is 214 Å². The number of aromatic nitrogens is 1. The van der Waals surface area contributed by atoms with Crippen LogP contribution in [-0.4, -0.2) is 64.1 Å². The zero-order valence-corrected chi connectivity index (χ0v) is 21.6. The number of thiazole rings is 1. The maximum absolute atomic E-state index is 13.1. The maximum atomic E-state index is 13.1. The summed E-state index contributed by atoms with van der Waals surface area (Å²) in [6, 6.07) is 21.3. The Morgan fingerprint density at radius 2 is 1.56 bits per heavy atom. The number of ether oxygens (including phenoxy) is 2. The van der Waals surface area contributed by atoms with E-state index in [2.05, 4.69) is 5.32 Å². The molecule has 0 fully saturated rings. The second kappa shape index (κ2) is 11.7. The molecule has 0 aliphatic rings. The van der Waals surface area contributed by atoms with Crippen molar-refractivity contribution < 1.29 is 22.7 Å². The number of amides is 1. The Morgan fingerprint density at radius 1 is 0.917 bits per heavy atom. The Morgan fingerprint density at radius 3 is 2.22 bits per heavy atom. The van der Waals surface area contributed by atoms with Crippen LogP contribution in [0.15, 0.2) is 77.7 Å². The number of hydrogen-bond acceptors (Lipinski definition) is 7. The van der Waals surface area contributed by atoms with E-state index in [-0.39, 0.29) is 37.1 Å². The van der Waals surface area contributed by atoms with Crippen LogP contribution in [0.25, 0.3) is 20.8 Å². The molecule has 10 heteroatoms. The molecule has 0 unspecified atom stereocenters. The number of nitrogens with zero attached hydrogens (tertiary/aromatic N) is 2. The van der Waals surface area contributed by atoms with E-state index in [1.54, 1.807) is 11.3 Å². The maximum Gasteiger partial charge on any atom is 0.255 e. The molecule has 4 aromatic rings. The van der Waals surface area contributed by atoms with Crippen molar-refractivity contribution in [2.45, 2.75) is 4.90 Å². The number of para-hydroxylation sites is 2. The van der Waals surface area contributed by atoms with E-state index in [1.165, 1.54) is 42.8 Å². The minimum Gasteiger partial charge on any atom is -0.383 e. The first kappa shape index (κ1) is 25.9. The second-order valence-electron chi connectivity index (χ2n) is 7.90. The molecule has 1 heterocycles. The lowest BCUT2D eigenvalue weighted by Crippen LogP contribution is -2.36. The van der Waals surface area contributed by atoms with E-state index in [1.807, 2.05) is 48.5 Å². The van der Waals surface area contributed by atoms with Crippen LogP contribution in [0.2, 0.25) is 0 Å². The number of carbonyl (C=O) groups is 1. The molecule has 188 valence electrons. The normalized spacial score (nSPS) is 11.8. The molecule has 8 nitrogen and oxygen atoms in total. The van der Waals surface area contributed by atoms with Gasteiger partial charge in [0.05, 0.1) is 34.0 Å². The van der Waals surface area contributed by atoms with E-state index in [4.69, 9.17) is 14.5 Å². The molecule has 0 spiro atoms. The van der Waals surface area contributed by atoms with Gasteiger partial charge in [0.1, 0.15) is 5.01 Å². The van der Waals surface area contributed by atoms with Gasteiger partial charge in [0.25, 0.3) is 5.91 Å². The van der Waals surface area contributed by atoms with Crippen molar-refractivity contribution in [1.29, 1.82) is 0 Å². The van der Waals surface area contributed by atoms with Crippen LogP contribution in [0.3, 0.4) is 0 Å². The first-order valence-corrected chi connectivity index (χ1v) is 13.5. The fourth-order valence-electron chi connectivity index (χ4n) is 3.63. The second-order valence-corrected chi connectivity index (χ2v) is 10.9. The largest absolute Gasteiger partial charge is 0.383 e. The van der Waals surface area contributed by atoms with Crippen molar-refractivity contribution in [1.82, 2.24) is 9.29 Å². The number of fused-ring (bicyclic) bond motifs is 1. The number of nitrogens with one attached hydrogen (secondary N) is 1. The topological polar surface area (TPSA) is 97.8 Å². The van der Waals surface area contributed by atoms with Crippen LogP contribution in [0.5, 0.6) is 0 Å². The van der Waals surface area contributed by atoms with Crippen molar-refractivity contribution in [3.05, 3.63) is 78.4 Å². The van der Waals surface area contributed by atoms with E-state index in [0.717, 1.165) is 20.8 Å². The molecule has 1 N–H and O–H groups in total. The van der Waals surface area contributed by atoms with Gasteiger partial charge in [0, 0.05) is 38.4 Å². The van der Waals surface area contributed by atoms with E-state index in [9.17, 15) is 13.2 Å². The molecule has 0 radical (unpaired) electrons. The highest BCUT2D eigenvalue weighted by atomic mass is 32.2. The molecule has 0 aliphatic heterocycles. The Bertz CT molecular complexity index is 1390. The van der Waals surface area contributed by atoms with Crippen molar-refractivity contribution in [3.63, 3.8) is 0 Å². The first-order chi connectivity index (χ1) is 17.4. The SMILES string of the molecule is COCCN(CCOC)S(=O)(=O)c1ccc(C(=O)Nc2ccccc2-c2nc3ccccc3s2)cc1. The van der Waals surface area contributed by atoms with E-state index in [0.29, 0.717) is 11.3 Å². The third-order valence-electron chi connectivity index (χ3n) is 5.54. The summed E-state index contributed by atoms with van der Waals surface area (Å²) in [5.74, 6) is -0.344. The fourth-order valence-corrected chi connectivity index (χ4v) is 6.04. The third kappa shape index (κ3) is 5.80. The van der Waals surface area contributed by atoms with Crippen molar-refractivity contribution in [2.24, 2.45) is 0 Å². The first-order valence-electron chi connectivity index (χ1n) is 11.3. The van der Waals surface area contributed by atoms with Crippen molar-refractivity contribution in [3.8, 4) is 10.6 Å². The van der Waals surface area contributed by atoms with Gasteiger partial charge in [-0.2, -0.15) is 4.31 Å². The summed E-state index contributed by atoms with van der Waals surface area (Å²) >= 11 is 1.55. The number of rotatable bonds is 11. The third-order valence-corrected chi connectivity index (χ3v) is 8.53. The predicted octanol–water partition coefficient (Wildman–Crippen LogP) is 4.50. The standard InChI is InChI=1S/C26H27N3O5S2/c1-33-17-15-29(16-18-34-2)36(31,32)20-13-11-19(12-14-20)25(30)27-22-8-4-3-7-21(22)26-28-23-9-5-6-10-24(23)35-26/h3-14H,15-18H2,1-2H3,(H,27,30). The molecule has 0 saturated heterocycles. The Kier molecular flexibility index (Phi) is 8.44. The highest BCUT2D eigenvalue weighted by Crippen LogP contribution is 2.34. The van der Waals surface area contributed by atoms with Gasteiger partial charge in [-0.25, -0.2) is 13.4 Å². The summed E-state index contributed by atoms with van der Waals surface area (Å²) in [6.07, 6.45) is 0. The number of benzene rings is 3. The zero-order chi connectivity index (χ0) is 25.5. The van der Waals surface area contributed by atoms with Crippen LogP contribution < -0.4 is 5.32 Å². The number of methoxy groups -OCH3 is 2. The van der Waals surface area contributed by atoms with Crippen molar-refractivity contribution in [2.75, 3.05) is 45.8 Å². The molecular weight excluding hydrogens is 498 g/mol. The van der Waals surface area contributed by atoms with Crippen LogP contribution in [0, 0.1) is 0 Å². The number of carbonyl (C=O) groups excluding carboxylic acids is 1. The number of anilines is 1. The Balaban J connectivity index is 1.53. The minimum atomic E-state index is -3.77. The number of hydrogen-bond donors (Lipinski definition) is 1. The molecule has 0 saturated carbocycles. The van der Waals surface area contributed by atoms with Gasteiger partial charge in [-0.15, -0.1) is 11.3 Å². The van der Waals surface area contributed by atoms with E-state index < -0.39 is 10.0 Å². The lowest BCUT2D eigenvalue weighted by Gasteiger charge is -2.21. The molecule has 0 bridgehead atoms. The molecule has 1 aromatic heterocycles. The van der Waals surface area contributed by atoms with E-state index >= 15 is 0 Å². The summed E-state index contributed by atoms with van der Waals surface area (Å²) in [5, 5.41) is 3.75. The predicted molar refractivity (Wildman–Crippen MR) is 142 cm³/mol. The summed E-state index contributed by atoms with van der Waals surface area (Å²) in [7, 11) is -0.733. The summed E-state index contributed by atoms with van der Waals surface area (Å²) in [5.41, 5.74) is 2.69. The van der Waals surface area contributed by atoms with Gasteiger partial charge < -0.3 is 14.8 Å². The molecular formula is C26H27N3O5S2. The van der Waals surface area contributed by atoms with Gasteiger partial charge in [-0.3, -0.25) is 4.79 Å². The number of sulfonamides is 1. The smallest absolute Gasteiger partial charge is 0.255 e. The van der Waals surface area contributed by atoms with Crippen LogP contribution >= 0.6 is 11.3 Å². The van der Waals surface area contributed by atoms with Gasteiger partial charge >= 0.3 is 0 Å². The quantitative estimate of drug-likeness (QED) is 0.310. The highest BCUT2D eigenvalue weighted by Gasteiger charge is 2.24. The van der Waals surface area contributed by atoms with Crippen LogP contribution in [0.4, 0.5) is 5.69 Å². The summed E-state index contributed by atoms with van der Waals surface area (Å²) in [4.78, 5) is 17.8. The molecule has 4 rings (SSSR count). The zero-order valence-electron chi connectivity index (χ0n) is 20.0. The lowest BCUT2D eigenvalue weighted by molar-refractivity contribution is 0.102. The average Bonchev–Trinajstić information content (AvgIpc) is 3.33. The minimum absolute atomic E-state index is 0.0983. The monoisotopic (exact) mass is 525 g/mol. The van der Waals surface area contributed by atoms with Crippen LogP contribution in [0.1, 0.15) is 10.4 Å². The fraction of sp³-hybridized carbons (Fsp3) is 0.231.